The second-order valence-corrected chi connectivity index (χ2v) is 9.78. The van der Waals surface area contributed by atoms with Crippen LogP contribution in [0.3, 0.4) is 0 Å². The Kier molecular flexibility index (Phi) is 5.81. The quantitative estimate of drug-likeness (QED) is 0.400. The van der Waals surface area contributed by atoms with Crippen LogP contribution < -0.4 is 15.6 Å². The molecule has 1 atom stereocenters. The predicted octanol–water partition coefficient (Wildman–Crippen LogP) is 3.00. The van der Waals surface area contributed by atoms with Crippen molar-refractivity contribution in [1.82, 2.24) is 19.7 Å². The molecular formula is C24H26N6O4S. The van der Waals surface area contributed by atoms with Gasteiger partial charge in [0, 0.05) is 49.8 Å². The smallest absolute Gasteiger partial charge is 0.388 e. The normalized spacial score (nSPS) is 20.6. The maximum Gasteiger partial charge on any atom is 0.437 e. The zero-order valence-electron chi connectivity index (χ0n) is 19.4. The molecule has 0 saturated carbocycles. The van der Waals surface area contributed by atoms with Crippen LogP contribution in [0.5, 0.6) is 0 Å². The number of hydrogen-bond acceptors (Lipinski definition) is 9. The van der Waals surface area contributed by atoms with Crippen LogP contribution in [0, 0.1) is 0 Å². The van der Waals surface area contributed by atoms with Crippen LogP contribution in [0.15, 0.2) is 44.8 Å². The van der Waals surface area contributed by atoms with Crippen molar-refractivity contribution in [1.29, 1.82) is 0 Å². The Morgan fingerprint density at radius 1 is 1.11 bits per heavy atom. The number of rotatable bonds is 4. The molecule has 1 amide bonds. The number of benzene rings is 1. The molecule has 10 nitrogen and oxygen atoms in total. The van der Waals surface area contributed by atoms with Crippen LogP contribution >= 0.6 is 11.8 Å². The first kappa shape index (κ1) is 22.3. The van der Waals surface area contributed by atoms with E-state index in [9.17, 15) is 9.59 Å². The molecule has 2 saturated heterocycles. The maximum atomic E-state index is 13.7. The molecular weight excluding hydrogens is 468 g/mol. The number of carbonyl (C=O) groups excluding carboxylic acids is 1. The van der Waals surface area contributed by atoms with Gasteiger partial charge in [-0.3, -0.25) is 4.79 Å². The van der Waals surface area contributed by atoms with Gasteiger partial charge >= 0.3 is 5.76 Å². The summed E-state index contributed by atoms with van der Waals surface area (Å²) in [5, 5.41) is 5.14. The summed E-state index contributed by atoms with van der Waals surface area (Å²) in [6.07, 6.45) is 7.08. The summed E-state index contributed by atoms with van der Waals surface area (Å²) in [5.74, 6) is 0.368. The third kappa shape index (κ3) is 4.02. The van der Waals surface area contributed by atoms with Gasteiger partial charge in [-0.25, -0.2) is 14.8 Å². The Bertz CT molecular complexity index is 1320. The zero-order valence-corrected chi connectivity index (χ0v) is 20.2. The van der Waals surface area contributed by atoms with E-state index in [0.29, 0.717) is 36.0 Å². The molecule has 3 aliphatic rings. The highest BCUT2D eigenvalue weighted by Gasteiger charge is 2.37. The second kappa shape index (κ2) is 9.12. The number of nitrogens with zero attached hydrogens (tertiary/aromatic N) is 6. The van der Waals surface area contributed by atoms with Crippen molar-refractivity contribution >= 4 is 29.2 Å². The molecule has 11 heteroatoms. The highest BCUT2D eigenvalue weighted by atomic mass is 32.2. The highest BCUT2D eigenvalue weighted by molar-refractivity contribution is 7.98. The minimum Gasteiger partial charge on any atom is -0.388 e. The van der Waals surface area contributed by atoms with E-state index in [1.807, 2.05) is 30.5 Å². The molecule has 0 spiro atoms. The van der Waals surface area contributed by atoms with Crippen LogP contribution in [-0.2, 0) is 4.74 Å². The summed E-state index contributed by atoms with van der Waals surface area (Å²) >= 11 is 1.47. The fourth-order valence-electron chi connectivity index (χ4n) is 5.16. The summed E-state index contributed by atoms with van der Waals surface area (Å²) in [6.45, 7) is 2.63. The lowest BCUT2D eigenvalue weighted by atomic mass is 10.1. The number of aromatic nitrogens is 4. The molecule has 0 unspecified atom stereocenters. The Morgan fingerprint density at radius 2 is 1.97 bits per heavy atom. The van der Waals surface area contributed by atoms with Crippen molar-refractivity contribution < 1.29 is 13.9 Å². The van der Waals surface area contributed by atoms with E-state index in [0.717, 1.165) is 43.7 Å². The monoisotopic (exact) mass is 494 g/mol. The zero-order chi connectivity index (χ0) is 23.9. The van der Waals surface area contributed by atoms with Crippen molar-refractivity contribution in [2.24, 2.45) is 0 Å². The lowest BCUT2D eigenvalue weighted by molar-refractivity contribution is 0.0644. The second-order valence-electron chi connectivity index (χ2n) is 9.01. The third-order valence-corrected chi connectivity index (χ3v) is 7.52. The van der Waals surface area contributed by atoms with Gasteiger partial charge in [0.1, 0.15) is 11.4 Å². The topological polar surface area (TPSA) is 107 Å². The molecule has 2 aromatic heterocycles. The molecule has 6 rings (SSSR count). The van der Waals surface area contributed by atoms with Gasteiger partial charge < -0.3 is 19.0 Å². The Hall–Kier alpha value is -3.18. The first-order valence-electron chi connectivity index (χ1n) is 11.9. The number of thioether (sulfide) groups is 1. The van der Waals surface area contributed by atoms with Gasteiger partial charge in [0.05, 0.1) is 6.04 Å². The summed E-state index contributed by atoms with van der Waals surface area (Å²) in [5.41, 5.74) is 1.89. The SMILES string of the molecule is CSc1ncc2c(n1)N1CCC[C@H]1CN(c1cccc(-c3nn(C4CCOCC4)c(=O)o3)c1)C2=O. The first-order valence-corrected chi connectivity index (χ1v) is 13.1. The fourth-order valence-corrected chi connectivity index (χ4v) is 5.50. The predicted molar refractivity (Wildman–Crippen MR) is 131 cm³/mol. The van der Waals surface area contributed by atoms with Crippen molar-refractivity contribution in [2.75, 3.05) is 42.4 Å². The Morgan fingerprint density at radius 3 is 2.80 bits per heavy atom. The van der Waals surface area contributed by atoms with Gasteiger partial charge in [0.2, 0.25) is 5.89 Å². The van der Waals surface area contributed by atoms with Crippen LogP contribution in [0.4, 0.5) is 11.5 Å². The molecule has 2 fully saturated rings. The molecule has 3 aromatic rings. The van der Waals surface area contributed by atoms with E-state index in [-0.39, 0.29) is 23.9 Å². The summed E-state index contributed by atoms with van der Waals surface area (Å²) < 4.78 is 12.3. The molecule has 182 valence electrons. The molecule has 0 N–H and O–H groups in total. The van der Waals surface area contributed by atoms with Gasteiger partial charge in [-0.1, -0.05) is 17.8 Å². The summed E-state index contributed by atoms with van der Waals surface area (Å²) in [7, 11) is 0. The number of carbonyl (C=O) groups is 1. The summed E-state index contributed by atoms with van der Waals surface area (Å²) in [4.78, 5) is 39.3. The van der Waals surface area contributed by atoms with Crippen LogP contribution in [-0.4, -0.2) is 64.3 Å². The van der Waals surface area contributed by atoms with Gasteiger partial charge in [0.25, 0.3) is 5.91 Å². The number of anilines is 2. The molecule has 1 aromatic carbocycles. The number of fused-ring (bicyclic) bond motifs is 3. The van der Waals surface area contributed by atoms with Crippen LogP contribution in [0.1, 0.15) is 42.1 Å². The van der Waals surface area contributed by atoms with E-state index in [1.165, 1.54) is 16.4 Å². The molecule has 5 heterocycles. The van der Waals surface area contributed by atoms with E-state index >= 15 is 0 Å². The van der Waals surface area contributed by atoms with Gasteiger partial charge in [-0.05, 0) is 50.1 Å². The van der Waals surface area contributed by atoms with E-state index in [1.54, 1.807) is 11.1 Å². The van der Waals surface area contributed by atoms with Crippen molar-refractivity contribution in [3.8, 4) is 11.5 Å². The average Bonchev–Trinajstić information content (AvgIpc) is 3.51. The maximum absolute atomic E-state index is 13.7. The van der Waals surface area contributed by atoms with Crippen molar-refractivity contribution in [3.63, 3.8) is 0 Å². The van der Waals surface area contributed by atoms with Gasteiger partial charge in [-0.2, -0.15) is 4.68 Å². The first-order chi connectivity index (χ1) is 17.1. The molecule has 0 radical (unpaired) electrons. The lowest BCUT2D eigenvalue weighted by Crippen LogP contribution is -2.39. The number of ether oxygens (including phenoxy) is 1. The average molecular weight is 495 g/mol. The Balaban J connectivity index is 1.36. The standard InChI is InChI=1S/C24H26N6O4S/c1-35-23-25-13-19-20(26-23)28-9-3-6-18(28)14-29(22(19)31)17-5-2-4-15(12-17)21-27-30(24(32)34-21)16-7-10-33-11-8-16/h2,4-5,12-13,16,18H,3,6-11,14H2,1H3/t18-/m0/s1. The van der Waals surface area contributed by atoms with Crippen molar-refractivity contribution in [2.45, 2.75) is 42.9 Å². The summed E-state index contributed by atoms with van der Waals surface area (Å²) in [6, 6.07) is 7.61. The van der Waals surface area contributed by atoms with E-state index in [4.69, 9.17) is 14.1 Å². The van der Waals surface area contributed by atoms with E-state index < -0.39 is 5.76 Å². The number of amides is 1. The minimum absolute atomic E-state index is 0.0276. The van der Waals surface area contributed by atoms with Gasteiger partial charge in [0.15, 0.2) is 5.16 Å². The van der Waals surface area contributed by atoms with Gasteiger partial charge in [-0.15, -0.1) is 5.10 Å². The fraction of sp³-hybridized carbons (Fsp3) is 0.458. The van der Waals surface area contributed by atoms with Crippen LogP contribution in [0.25, 0.3) is 11.5 Å². The Labute approximate surface area is 206 Å². The van der Waals surface area contributed by atoms with E-state index in [2.05, 4.69) is 15.0 Å². The number of hydrogen-bond donors (Lipinski definition) is 0. The molecule has 35 heavy (non-hydrogen) atoms. The largest absolute Gasteiger partial charge is 0.437 e. The molecule has 3 aliphatic heterocycles. The highest BCUT2D eigenvalue weighted by Crippen LogP contribution is 2.35. The minimum atomic E-state index is -0.472. The molecule has 0 bridgehead atoms. The lowest BCUT2D eigenvalue weighted by Gasteiger charge is -2.27. The van der Waals surface area contributed by atoms with Crippen LogP contribution in [0.2, 0.25) is 0 Å². The van der Waals surface area contributed by atoms with Crippen molar-refractivity contribution in [3.05, 3.63) is 46.6 Å². The molecule has 0 aliphatic carbocycles. The third-order valence-electron chi connectivity index (χ3n) is 6.96.